The third kappa shape index (κ3) is 5.95. The summed E-state index contributed by atoms with van der Waals surface area (Å²) < 4.78 is 17.1. The largest absolute Gasteiger partial charge is 0.456 e. The van der Waals surface area contributed by atoms with Crippen LogP contribution in [0.1, 0.15) is 5.56 Å². The summed E-state index contributed by atoms with van der Waals surface area (Å²) in [5.41, 5.74) is 14.2. The number of nitriles is 1. The number of benzene rings is 10. The summed E-state index contributed by atoms with van der Waals surface area (Å²) in [6.07, 6.45) is 0. The Morgan fingerprint density at radius 1 is 0.361 bits per heavy atom. The number of hydrogen-bond acceptors (Lipinski definition) is 6. The topological polar surface area (TPSA) is 98.6 Å². The molecule has 0 atom stereocenters. The molecule has 72 heavy (non-hydrogen) atoms. The molecule has 0 unspecified atom stereocenters. The number of rotatable bonds is 6. The Kier molecular flexibility index (Phi) is 8.55. The Morgan fingerprint density at radius 2 is 0.917 bits per heavy atom. The third-order valence-electron chi connectivity index (χ3n) is 14.2. The average Bonchev–Trinajstić information content (AvgIpc) is 4.20. The van der Waals surface area contributed by atoms with E-state index in [1.54, 1.807) is 0 Å². The normalized spacial score (nSPS) is 11.9. The summed E-state index contributed by atoms with van der Waals surface area (Å²) in [6, 6.07) is 77.3. The van der Waals surface area contributed by atoms with Gasteiger partial charge in [0.2, 0.25) is 0 Å². The van der Waals surface area contributed by atoms with Crippen molar-refractivity contribution in [1.82, 2.24) is 24.1 Å². The van der Waals surface area contributed by atoms with E-state index in [-0.39, 0.29) is 0 Å². The Bertz CT molecular complexity index is 4780. The van der Waals surface area contributed by atoms with E-state index in [0.29, 0.717) is 28.6 Å². The van der Waals surface area contributed by atoms with Gasteiger partial charge in [0.1, 0.15) is 28.4 Å². The highest BCUT2D eigenvalue weighted by Crippen LogP contribution is 2.44. The zero-order valence-corrected chi connectivity index (χ0v) is 38.3. The lowest BCUT2D eigenvalue weighted by molar-refractivity contribution is 0.668. The molecular weight excluding hydrogens is 885 g/mol. The van der Waals surface area contributed by atoms with Crippen molar-refractivity contribution in [3.63, 3.8) is 0 Å². The van der Waals surface area contributed by atoms with Gasteiger partial charge in [-0.3, -0.25) is 0 Å². The molecule has 8 nitrogen and oxygen atoms in total. The monoisotopic (exact) mass is 920 g/mol. The van der Waals surface area contributed by atoms with Crippen molar-refractivity contribution in [3.05, 3.63) is 224 Å². The third-order valence-corrected chi connectivity index (χ3v) is 14.2. The maximum absolute atomic E-state index is 11.3. The predicted molar refractivity (Wildman–Crippen MR) is 290 cm³/mol. The van der Waals surface area contributed by atoms with Gasteiger partial charge in [-0.2, -0.15) is 5.26 Å². The zero-order chi connectivity index (χ0) is 47.4. The minimum atomic E-state index is 0.452. The quantitative estimate of drug-likeness (QED) is 0.165. The molecule has 0 saturated carbocycles. The highest BCUT2D eigenvalue weighted by atomic mass is 16.3. The van der Waals surface area contributed by atoms with Crippen molar-refractivity contribution < 1.29 is 8.83 Å². The first-order chi connectivity index (χ1) is 35.6. The van der Waals surface area contributed by atoms with Gasteiger partial charge in [-0.05, 0) is 96.1 Å². The van der Waals surface area contributed by atoms with E-state index in [2.05, 4.69) is 143 Å². The maximum atomic E-state index is 11.3. The molecule has 0 radical (unpaired) electrons. The first-order valence-corrected chi connectivity index (χ1v) is 23.9. The van der Waals surface area contributed by atoms with Gasteiger partial charge in [-0.15, -0.1) is 0 Å². The van der Waals surface area contributed by atoms with Gasteiger partial charge < -0.3 is 18.0 Å². The highest BCUT2D eigenvalue weighted by Gasteiger charge is 2.24. The van der Waals surface area contributed by atoms with Gasteiger partial charge in [-0.1, -0.05) is 133 Å². The van der Waals surface area contributed by atoms with Crippen molar-refractivity contribution in [3.8, 4) is 62.7 Å². The van der Waals surface area contributed by atoms with Crippen LogP contribution in [-0.4, -0.2) is 24.1 Å². The van der Waals surface area contributed by atoms with Gasteiger partial charge in [0.05, 0.1) is 33.3 Å². The van der Waals surface area contributed by atoms with E-state index in [0.717, 1.165) is 121 Å². The average molecular weight is 921 g/mol. The molecule has 0 saturated heterocycles. The molecule has 0 N–H and O–H groups in total. The van der Waals surface area contributed by atoms with Crippen molar-refractivity contribution in [1.29, 1.82) is 5.26 Å². The molecule has 8 heteroatoms. The molecular formula is C64H36N6O2. The second-order valence-electron chi connectivity index (χ2n) is 18.2. The number of fused-ring (bicyclic) bond motifs is 13. The summed E-state index contributed by atoms with van der Waals surface area (Å²) in [6.45, 7) is 0. The second-order valence-corrected chi connectivity index (χ2v) is 18.2. The molecule has 15 rings (SSSR count). The van der Waals surface area contributed by atoms with E-state index < -0.39 is 0 Å². The van der Waals surface area contributed by atoms with E-state index in [1.807, 2.05) is 91.0 Å². The van der Waals surface area contributed by atoms with Crippen LogP contribution in [0.4, 0.5) is 0 Å². The van der Waals surface area contributed by atoms with E-state index in [1.165, 1.54) is 0 Å². The number of hydrogen-bond donors (Lipinski definition) is 0. The second kappa shape index (κ2) is 15.5. The van der Waals surface area contributed by atoms with Crippen molar-refractivity contribution in [2.24, 2.45) is 0 Å². The van der Waals surface area contributed by atoms with Crippen molar-refractivity contribution >= 4 is 87.5 Å². The van der Waals surface area contributed by atoms with E-state index in [9.17, 15) is 5.26 Å². The van der Waals surface area contributed by atoms with Crippen LogP contribution in [0.25, 0.3) is 144 Å². The Balaban J connectivity index is 0.948. The molecule has 10 aromatic carbocycles. The molecule has 5 heterocycles. The minimum Gasteiger partial charge on any atom is -0.456 e. The van der Waals surface area contributed by atoms with Crippen LogP contribution in [0.5, 0.6) is 0 Å². The number of para-hydroxylation sites is 4. The Morgan fingerprint density at radius 3 is 1.65 bits per heavy atom. The smallest absolute Gasteiger partial charge is 0.164 e. The zero-order valence-electron chi connectivity index (χ0n) is 38.3. The fourth-order valence-corrected chi connectivity index (χ4v) is 11.0. The van der Waals surface area contributed by atoms with Crippen LogP contribution in [0.3, 0.4) is 0 Å². The summed E-state index contributed by atoms with van der Waals surface area (Å²) in [4.78, 5) is 15.6. The lowest BCUT2D eigenvalue weighted by Gasteiger charge is -2.14. The molecule has 0 aliphatic heterocycles. The lowest BCUT2D eigenvalue weighted by Crippen LogP contribution is -2.03. The summed E-state index contributed by atoms with van der Waals surface area (Å²) in [5, 5.41) is 19.8. The van der Waals surface area contributed by atoms with Crippen LogP contribution >= 0.6 is 0 Å². The lowest BCUT2D eigenvalue weighted by atomic mass is 9.99. The molecule has 0 fully saturated rings. The van der Waals surface area contributed by atoms with Crippen molar-refractivity contribution in [2.45, 2.75) is 0 Å². The standard InChI is InChI=1S/C64H36N6O2/c65-37-41-34-39(62-66-63(40-27-32-58-50(35-40)45-18-8-12-24-56(45)71-58)68-64(67-62)48-20-5-4-16-43(48)38-14-2-1-3-15-38)26-30-52(41)70-53-22-10-6-17-44(53)47-29-31-55-60(61(47)70)49-21-7-11-23-54(49)69(55)42-28-33-59-51(36-42)46-19-9-13-25-57(46)72-59/h1-36H. The van der Waals surface area contributed by atoms with Crippen LogP contribution in [-0.2, 0) is 0 Å². The van der Waals surface area contributed by atoms with Gasteiger partial charge in [0.15, 0.2) is 17.5 Å². The fourth-order valence-electron chi connectivity index (χ4n) is 11.0. The van der Waals surface area contributed by atoms with Crippen LogP contribution < -0.4 is 0 Å². The summed E-state index contributed by atoms with van der Waals surface area (Å²) in [5.74, 6) is 1.48. The van der Waals surface area contributed by atoms with Crippen molar-refractivity contribution in [2.75, 3.05) is 0 Å². The van der Waals surface area contributed by atoms with Crippen LogP contribution in [0, 0.1) is 11.3 Å². The highest BCUT2D eigenvalue weighted by molar-refractivity contribution is 6.26. The van der Waals surface area contributed by atoms with Gasteiger partial charge in [0.25, 0.3) is 0 Å². The summed E-state index contributed by atoms with van der Waals surface area (Å²) >= 11 is 0. The fraction of sp³-hybridized carbons (Fsp3) is 0. The van der Waals surface area contributed by atoms with Gasteiger partial charge in [0, 0.05) is 65.5 Å². The molecule has 5 aromatic heterocycles. The number of furan rings is 2. The first-order valence-electron chi connectivity index (χ1n) is 23.9. The molecule has 15 aromatic rings. The van der Waals surface area contributed by atoms with Crippen LogP contribution in [0.2, 0.25) is 0 Å². The number of nitrogens with zero attached hydrogens (tertiary/aromatic N) is 6. The summed E-state index contributed by atoms with van der Waals surface area (Å²) in [7, 11) is 0. The minimum absolute atomic E-state index is 0.452. The molecule has 0 aliphatic carbocycles. The van der Waals surface area contributed by atoms with Gasteiger partial charge in [-0.25, -0.2) is 15.0 Å². The van der Waals surface area contributed by atoms with E-state index >= 15 is 0 Å². The molecule has 0 amide bonds. The molecule has 334 valence electrons. The van der Waals surface area contributed by atoms with Gasteiger partial charge >= 0.3 is 0 Å². The molecule has 0 spiro atoms. The van der Waals surface area contributed by atoms with E-state index in [4.69, 9.17) is 23.8 Å². The SMILES string of the molecule is N#Cc1cc(-c2nc(-c3ccc4oc5ccccc5c4c3)nc(-c3ccccc3-c3ccccc3)n2)ccc1-n1c2ccccc2c2ccc3c(c4ccccc4n3-c3ccc4oc5ccccc5c4c3)c21. The molecule has 0 aliphatic rings. The number of aromatic nitrogens is 5. The maximum Gasteiger partial charge on any atom is 0.164 e. The predicted octanol–water partition coefficient (Wildman–Crippen LogP) is 16.4. The Hall–Kier alpha value is -10.1. The van der Waals surface area contributed by atoms with Crippen LogP contribution in [0.15, 0.2) is 227 Å². The molecule has 0 bridgehead atoms. The Labute approximate surface area is 410 Å². The first kappa shape index (κ1) is 39.9.